The van der Waals surface area contributed by atoms with E-state index in [1.807, 2.05) is 42.7 Å². The summed E-state index contributed by atoms with van der Waals surface area (Å²) in [5.74, 6) is 1.85. The molecule has 184 valence electrons. The van der Waals surface area contributed by atoms with Crippen molar-refractivity contribution in [1.29, 1.82) is 0 Å². The first-order chi connectivity index (χ1) is 16.9. The van der Waals surface area contributed by atoms with E-state index >= 15 is 0 Å². The first kappa shape index (κ1) is 22.1. The number of benzene rings is 1. The Morgan fingerprint density at radius 2 is 1.86 bits per heavy atom. The zero-order chi connectivity index (χ0) is 24.2. The number of nitrogens with zero attached hydrogens (tertiary/aromatic N) is 2. The molecule has 1 fully saturated rings. The van der Waals surface area contributed by atoms with Crippen LogP contribution in [0.5, 0.6) is 11.5 Å². The monoisotopic (exact) mass is 477 g/mol. The van der Waals surface area contributed by atoms with E-state index in [9.17, 15) is 9.59 Å². The van der Waals surface area contributed by atoms with Gasteiger partial charge in [-0.3, -0.25) is 9.59 Å². The van der Waals surface area contributed by atoms with Gasteiger partial charge in [0.1, 0.15) is 17.0 Å². The molecule has 0 unspecified atom stereocenters. The van der Waals surface area contributed by atoms with Gasteiger partial charge in [0.05, 0.1) is 12.1 Å². The van der Waals surface area contributed by atoms with Crippen LogP contribution in [-0.2, 0) is 17.9 Å². The van der Waals surface area contributed by atoms with Crippen LogP contribution in [0, 0.1) is 6.92 Å². The summed E-state index contributed by atoms with van der Waals surface area (Å²) in [6.07, 6.45) is 6.64. The maximum Gasteiger partial charge on any atom is 0.271 e. The fourth-order valence-electron chi connectivity index (χ4n) is 5.70. The normalized spacial score (nSPS) is 22.3. The number of carbonyl (C=O) groups excluding carboxylic acids is 2. The zero-order valence-electron chi connectivity index (χ0n) is 20.3. The van der Waals surface area contributed by atoms with E-state index in [1.165, 1.54) is 12.8 Å². The van der Waals surface area contributed by atoms with Crippen molar-refractivity contribution >= 4 is 22.9 Å². The molecular formula is C27H31N3O5. The molecule has 35 heavy (non-hydrogen) atoms. The van der Waals surface area contributed by atoms with Crippen molar-refractivity contribution < 1.29 is 23.5 Å². The summed E-state index contributed by atoms with van der Waals surface area (Å²) in [4.78, 5) is 29.5. The number of carbonyl (C=O) groups is 2. The lowest BCUT2D eigenvalue weighted by atomic mass is 9.93. The average Bonchev–Trinajstić information content (AvgIpc) is 3.46. The van der Waals surface area contributed by atoms with Gasteiger partial charge in [-0.05, 0) is 44.4 Å². The molecule has 0 saturated heterocycles. The molecule has 0 bridgehead atoms. The van der Waals surface area contributed by atoms with E-state index in [0.29, 0.717) is 29.3 Å². The molecule has 3 aliphatic rings. The molecule has 1 N–H and O–H groups in total. The first-order valence-corrected chi connectivity index (χ1v) is 12.5. The van der Waals surface area contributed by atoms with Gasteiger partial charge in [0.2, 0.25) is 12.7 Å². The number of aryl methyl sites for hydroxylation is 1. The van der Waals surface area contributed by atoms with Crippen molar-refractivity contribution in [3.63, 3.8) is 0 Å². The standard InChI is InChI=1S/C27H31N3O5/c1-17-11-20-23(35-17)13-21-25(31)30(14-18-9-10-22-24(12-18)34-16-33-22)27(2,15-29(20)21)26(32)28-19-7-5-3-4-6-8-19/h9-13,19H,3-8,14-16H2,1-2H3,(H,28,32)/t27-/m0/s1. The zero-order valence-corrected chi connectivity index (χ0v) is 20.3. The third-order valence-electron chi connectivity index (χ3n) is 7.70. The Labute approximate surface area is 204 Å². The minimum absolute atomic E-state index is 0.105. The fourth-order valence-corrected chi connectivity index (χ4v) is 5.70. The lowest BCUT2D eigenvalue weighted by Crippen LogP contribution is -2.64. The number of amides is 2. The van der Waals surface area contributed by atoms with E-state index in [0.717, 1.165) is 42.5 Å². The third-order valence-corrected chi connectivity index (χ3v) is 7.70. The minimum atomic E-state index is -1.07. The molecule has 8 nitrogen and oxygen atoms in total. The maximum atomic E-state index is 13.9. The quantitative estimate of drug-likeness (QED) is 0.558. The van der Waals surface area contributed by atoms with E-state index in [-0.39, 0.29) is 31.2 Å². The summed E-state index contributed by atoms with van der Waals surface area (Å²) in [6, 6.07) is 9.54. The molecule has 6 rings (SSSR count). The predicted octanol–water partition coefficient (Wildman–Crippen LogP) is 4.53. The minimum Gasteiger partial charge on any atom is -0.460 e. The van der Waals surface area contributed by atoms with Crippen LogP contribution in [0.1, 0.15) is 67.3 Å². The Morgan fingerprint density at radius 3 is 2.66 bits per heavy atom. The highest BCUT2D eigenvalue weighted by atomic mass is 16.7. The number of hydrogen-bond acceptors (Lipinski definition) is 5. The third kappa shape index (κ3) is 3.75. The maximum absolute atomic E-state index is 13.9. The van der Waals surface area contributed by atoms with Gasteiger partial charge in [0.15, 0.2) is 17.1 Å². The van der Waals surface area contributed by atoms with Gasteiger partial charge in [0, 0.05) is 24.7 Å². The summed E-state index contributed by atoms with van der Waals surface area (Å²) in [7, 11) is 0. The summed E-state index contributed by atoms with van der Waals surface area (Å²) in [6.45, 7) is 4.61. The lowest BCUT2D eigenvalue weighted by Gasteiger charge is -2.44. The molecule has 2 aliphatic heterocycles. The Hall–Kier alpha value is -3.42. The number of hydrogen-bond donors (Lipinski definition) is 1. The van der Waals surface area contributed by atoms with Crippen molar-refractivity contribution in [1.82, 2.24) is 14.8 Å². The molecule has 1 aliphatic carbocycles. The van der Waals surface area contributed by atoms with Crippen molar-refractivity contribution in [2.75, 3.05) is 6.79 Å². The number of ether oxygens (including phenoxy) is 2. The molecule has 8 heteroatoms. The Balaban J connectivity index is 1.37. The van der Waals surface area contributed by atoms with Gasteiger partial charge in [-0.1, -0.05) is 31.7 Å². The topological polar surface area (TPSA) is 85.9 Å². The molecule has 1 saturated carbocycles. The van der Waals surface area contributed by atoms with Crippen molar-refractivity contribution in [3.8, 4) is 11.5 Å². The molecule has 1 atom stereocenters. The summed E-state index contributed by atoms with van der Waals surface area (Å²) in [5, 5.41) is 3.31. The highest BCUT2D eigenvalue weighted by Crippen LogP contribution is 2.37. The Kier molecular flexibility index (Phi) is 5.27. The van der Waals surface area contributed by atoms with Crippen molar-refractivity contribution in [2.45, 2.75) is 77.0 Å². The van der Waals surface area contributed by atoms with Crippen LogP contribution < -0.4 is 14.8 Å². The lowest BCUT2D eigenvalue weighted by molar-refractivity contribution is -0.134. The van der Waals surface area contributed by atoms with Crippen LogP contribution in [0.15, 0.2) is 34.7 Å². The molecule has 4 heterocycles. The van der Waals surface area contributed by atoms with Crippen LogP contribution in [0.3, 0.4) is 0 Å². The number of rotatable bonds is 4. The predicted molar refractivity (Wildman–Crippen MR) is 129 cm³/mol. The van der Waals surface area contributed by atoms with Crippen LogP contribution in [0.4, 0.5) is 0 Å². The second-order valence-corrected chi connectivity index (χ2v) is 10.2. The van der Waals surface area contributed by atoms with E-state index in [1.54, 1.807) is 11.0 Å². The highest BCUT2D eigenvalue weighted by Gasteiger charge is 2.48. The second-order valence-electron chi connectivity index (χ2n) is 10.2. The number of fused-ring (bicyclic) bond motifs is 4. The Bertz CT molecular complexity index is 1300. The van der Waals surface area contributed by atoms with Crippen LogP contribution >= 0.6 is 0 Å². The van der Waals surface area contributed by atoms with E-state index < -0.39 is 5.54 Å². The number of aromatic nitrogens is 1. The van der Waals surface area contributed by atoms with Crippen molar-refractivity contribution in [2.24, 2.45) is 0 Å². The van der Waals surface area contributed by atoms with Gasteiger partial charge in [-0.15, -0.1) is 0 Å². The molecule has 3 aromatic rings. The molecular weight excluding hydrogens is 446 g/mol. The van der Waals surface area contributed by atoms with E-state index in [2.05, 4.69) is 5.32 Å². The molecule has 1 aromatic carbocycles. The highest BCUT2D eigenvalue weighted by molar-refractivity contribution is 6.03. The first-order valence-electron chi connectivity index (χ1n) is 12.5. The van der Waals surface area contributed by atoms with Crippen LogP contribution in [-0.4, -0.2) is 39.7 Å². The van der Waals surface area contributed by atoms with Gasteiger partial charge in [-0.25, -0.2) is 0 Å². The smallest absolute Gasteiger partial charge is 0.271 e. The molecule has 2 amide bonds. The van der Waals surface area contributed by atoms with Gasteiger partial charge in [0.25, 0.3) is 5.91 Å². The average molecular weight is 478 g/mol. The number of nitrogens with one attached hydrogen (secondary N) is 1. The van der Waals surface area contributed by atoms with Crippen LogP contribution in [0.25, 0.3) is 11.1 Å². The van der Waals surface area contributed by atoms with Crippen molar-refractivity contribution in [3.05, 3.63) is 47.3 Å². The summed E-state index contributed by atoms with van der Waals surface area (Å²) in [5.41, 5.74) is 1.88. The van der Waals surface area contributed by atoms with Gasteiger partial charge < -0.3 is 28.7 Å². The molecule has 0 radical (unpaired) electrons. The summed E-state index contributed by atoms with van der Waals surface area (Å²) < 4.78 is 18.7. The largest absolute Gasteiger partial charge is 0.460 e. The van der Waals surface area contributed by atoms with Gasteiger partial charge in [-0.2, -0.15) is 0 Å². The number of furan rings is 1. The second kappa shape index (κ2) is 8.36. The molecule has 2 aromatic heterocycles. The molecule has 0 spiro atoms. The summed E-state index contributed by atoms with van der Waals surface area (Å²) >= 11 is 0. The SMILES string of the molecule is Cc1cc2c(cc3n2C[C@@](C)(C(=O)NC2CCCCCC2)N(Cc2ccc4c(c2)OCO4)C3=O)o1. The van der Waals surface area contributed by atoms with Gasteiger partial charge >= 0.3 is 0 Å². The fraction of sp³-hybridized carbons (Fsp3) is 0.481. The van der Waals surface area contributed by atoms with E-state index in [4.69, 9.17) is 13.9 Å². The van der Waals surface area contributed by atoms with Crippen LogP contribution in [0.2, 0.25) is 0 Å². The Morgan fingerprint density at radius 1 is 1.09 bits per heavy atom.